The van der Waals surface area contributed by atoms with Gasteiger partial charge in [0.2, 0.25) is 0 Å². The van der Waals surface area contributed by atoms with E-state index in [1.165, 1.54) is 6.42 Å². The number of rotatable bonds is 3. The highest BCUT2D eigenvalue weighted by Gasteiger charge is 2.21. The highest BCUT2D eigenvalue weighted by molar-refractivity contribution is 9.10. The van der Waals surface area contributed by atoms with Crippen molar-refractivity contribution in [3.63, 3.8) is 0 Å². The van der Waals surface area contributed by atoms with E-state index in [0.717, 1.165) is 40.9 Å². The first-order chi connectivity index (χ1) is 9.79. The molecule has 1 aromatic heterocycles. The topological polar surface area (TPSA) is 36.3 Å². The molecule has 0 amide bonds. The van der Waals surface area contributed by atoms with Crippen molar-refractivity contribution < 1.29 is 9.47 Å². The Labute approximate surface area is 126 Å². The van der Waals surface area contributed by atoms with Crippen molar-refractivity contribution >= 4 is 15.9 Å². The van der Waals surface area contributed by atoms with Gasteiger partial charge in [-0.25, -0.2) is 4.68 Å². The van der Waals surface area contributed by atoms with Crippen LogP contribution in [0.3, 0.4) is 0 Å². The van der Waals surface area contributed by atoms with Gasteiger partial charge in [0.05, 0.1) is 12.8 Å². The SMILES string of the molecule is COc1cc(Br)ccc1-c1ccnn1C1CCCCO1. The van der Waals surface area contributed by atoms with E-state index >= 15 is 0 Å². The van der Waals surface area contributed by atoms with Crippen LogP contribution in [-0.4, -0.2) is 23.5 Å². The summed E-state index contributed by atoms with van der Waals surface area (Å²) < 4.78 is 14.3. The number of aromatic nitrogens is 2. The zero-order valence-corrected chi connectivity index (χ0v) is 13.0. The highest BCUT2D eigenvalue weighted by atomic mass is 79.9. The third kappa shape index (κ3) is 2.60. The molecule has 4 nitrogen and oxygen atoms in total. The summed E-state index contributed by atoms with van der Waals surface area (Å²) in [5.41, 5.74) is 2.06. The van der Waals surface area contributed by atoms with Crippen LogP contribution >= 0.6 is 15.9 Å². The van der Waals surface area contributed by atoms with E-state index in [-0.39, 0.29) is 6.23 Å². The molecule has 0 aliphatic carbocycles. The van der Waals surface area contributed by atoms with Crippen LogP contribution in [0.1, 0.15) is 25.5 Å². The average Bonchev–Trinajstić information content (AvgIpc) is 2.97. The van der Waals surface area contributed by atoms with Crippen LogP contribution < -0.4 is 4.74 Å². The molecule has 20 heavy (non-hydrogen) atoms. The smallest absolute Gasteiger partial charge is 0.150 e. The van der Waals surface area contributed by atoms with Gasteiger partial charge in [-0.3, -0.25) is 0 Å². The minimum absolute atomic E-state index is 0.0297. The maximum Gasteiger partial charge on any atom is 0.150 e. The van der Waals surface area contributed by atoms with Gasteiger partial charge < -0.3 is 9.47 Å². The number of benzene rings is 1. The number of nitrogens with zero attached hydrogens (tertiary/aromatic N) is 2. The number of hydrogen-bond donors (Lipinski definition) is 0. The summed E-state index contributed by atoms with van der Waals surface area (Å²) >= 11 is 3.47. The summed E-state index contributed by atoms with van der Waals surface area (Å²) in [5.74, 6) is 0.830. The summed E-state index contributed by atoms with van der Waals surface area (Å²) in [5, 5.41) is 4.44. The molecule has 0 radical (unpaired) electrons. The van der Waals surface area contributed by atoms with Gasteiger partial charge in [0.25, 0.3) is 0 Å². The molecule has 5 heteroatoms. The normalized spacial score (nSPS) is 19.0. The molecule has 3 rings (SSSR count). The lowest BCUT2D eigenvalue weighted by atomic mass is 10.1. The van der Waals surface area contributed by atoms with Gasteiger partial charge >= 0.3 is 0 Å². The lowest BCUT2D eigenvalue weighted by Gasteiger charge is -2.25. The van der Waals surface area contributed by atoms with Crippen LogP contribution in [0, 0.1) is 0 Å². The highest BCUT2D eigenvalue weighted by Crippen LogP contribution is 2.35. The third-order valence-electron chi connectivity index (χ3n) is 3.54. The van der Waals surface area contributed by atoms with Gasteiger partial charge in [-0.2, -0.15) is 5.10 Å². The predicted octanol–water partition coefficient (Wildman–Crippen LogP) is 4.02. The fourth-order valence-corrected chi connectivity index (χ4v) is 2.89. The van der Waals surface area contributed by atoms with E-state index in [9.17, 15) is 0 Å². The molecule has 1 fully saturated rings. The Morgan fingerprint density at radius 2 is 2.25 bits per heavy atom. The van der Waals surface area contributed by atoms with Crippen LogP contribution in [0.2, 0.25) is 0 Å². The Kier molecular flexibility index (Phi) is 4.08. The van der Waals surface area contributed by atoms with E-state index in [1.807, 2.05) is 35.1 Å². The number of ether oxygens (including phenoxy) is 2. The average molecular weight is 337 g/mol. The number of halogens is 1. The molecule has 2 aromatic rings. The zero-order valence-electron chi connectivity index (χ0n) is 11.4. The van der Waals surface area contributed by atoms with Gasteiger partial charge in [0.15, 0.2) is 6.23 Å². The maximum absolute atomic E-state index is 5.83. The first-order valence-electron chi connectivity index (χ1n) is 6.78. The second kappa shape index (κ2) is 5.97. The zero-order chi connectivity index (χ0) is 13.9. The molecule has 1 atom stereocenters. The third-order valence-corrected chi connectivity index (χ3v) is 4.03. The van der Waals surface area contributed by atoms with Gasteiger partial charge in [-0.15, -0.1) is 0 Å². The number of methoxy groups -OCH3 is 1. The summed E-state index contributed by atoms with van der Waals surface area (Å²) in [7, 11) is 1.68. The fraction of sp³-hybridized carbons (Fsp3) is 0.400. The van der Waals surface area contributed by atoms with Crippen molar-refractivity contribution in [1.82, 2.24) is 9.78 Å². The second-order valence-electron chi connectivity index (χ2n) is 4.83. The van der Waals surface area contributed by atoms with Crippen LogP contribution in [0.4, 0.5) is 0 Å². The van der Waals surface area contributed by atoms with E-state index < -0.39 is 0 Å². The lowest BCUT2D eigenvalue weighted by Crippen LogP contribution is -2.19. The molecule has 1 saturated heterocycles. The fourth-order valence-electron chi connectivity index (χ4n) is 2.55. The molecule has 0 spiro atoms. The second-order valence-corrected chi connectivity index (χ2v) is 5.74. The maximum atomic E-state index is 5.83. The molecular formula is C15H17BrN2O2. The molecule has 0 saturated carbocycles. The monoisotopic (exact) mass is 336 g/mol. The molecule has 0 bridgehead atoms. The van der Waals surface area contributed by atoms with Crippen molar-refractivity contribution in [3.05, 3.63) is 34.9 Å². The van der Waals surface area contributed by atoms with Crippen LogP contribution in [0.15, 0.2) is 34.9 Å². The molecule has 0 N–H and O–H groups in total. The standard InChI is InChI=1S/C15H17BrN2O2/c1-19-14-10-11(16)5-6-12(14)13-7-8-17-18(13)15-4-2-3-9-20-15/h5-8,10,15H,2-4,9H2,1H3. The molecule has 1 aromatic carbocycles. The minimum atomic E-state index is 0.0297. The van der Waals surface area contributed by atoms with E-state index in [1.54, 1.807) is 7.11 Å². The van der Waals surface area contributed by atoms with Crippen molar-refractivity contribution in [2.45, 2.75) is 25.5 Å². The summed E-state index contributed by atoms with van der Waals surface area (Å²) in [4.78, 5) is 0. The van der Waals surface area contributed by atoms with Gasteiger partial charge in [0, 0.05) is 22.8 Å². The summed E-state index contributed by atoms with van der Waals surface area (Å²) in [6.07, 6.45) is 5.17. The molecule has 1 aliphatic rings. The summed E-state index contributed by atoms with van der Waals surface area (Å²) in [6, 6.07) is 8.02. The van der Waals surface area contributed by atoms with Crippen molar-refractivity contribution in [3.8, 4) is 17.0 Å². The Morgan fingerprint density at radius 1 is 1.35 bits per heavy atom. The summed E-state index contributed by atoms with van der Waals surface area (Å²) in [6.45, 7) is 0.807. The van der Waals surface area contributed by atoms with E-state index in [4.69, 9.17) is 9.47 Å². The Morgan fingerprint density at radius 3 is 3.00 bits per heavy atom. The molecule has 1 unspecified atom stereocenters. The first-order valence-corrected chi connectivity index (χ1v) is 7.58. The van der Waals surface area contributed by atoms with Gasteiger partial charge in [0.1, 0.15) is 5.75 Å². The lowest BCUT2D eigenvalue weighted by molar-refractivity contribution is -0.0383. The Hall–Kier alpha value is -1.33. The Balaban J connectivity index is 2.00. The van der Waals surface area contributed by atoms with Gasteiger partial charge in [-0.05, 0) is 43.5 Å². The first kappa shape index (κ1) is 13.6. The largest absolute Gasteiger partial charge is 0.496 e. The molecule has 2 heterocycles. The number of hydrogen-bond acceptors (Lipinski definition) is 3. The van der Waals surface area contributed by atoms with E-state index in [2.05, 4.69) is 21.0 Å². The quantitative estimate of drug-likeness (QED) is 0.849. The van der Waals surface area contributed by atoms with Crippen molar-refractivity contribution in [2.24, 2.45) is 0 Å². The minimum Gasteiger partial charge on any atom is -0.496 e. The van der Waals surface area contributed by atoms with Gasteiger partial charge in [-0.1, -0.05) is 15.9 Å². The molecule has 106 valence electrons. The van der Waals surface area contributed by atoms with E-state index in [0.29, 0.717) is 0 Å². The van der Waals surface area contributed by atoms with Crippen molar-refractivity contribution in [2.75, 3.05) is 13.7 Å². The Bertz CT molecular complexity index is 591. The molecule has 1 aliphatic heterocycles. The predicted molar refractivity (Wildman–Crippen MR) is 80.8 cm³/mol. The van der Waals surface area contributed by atoms with Crippen LogP contribution in [0.25, 0.3) is 11.3 Å². The van der Waals surface area contributed by atoms with Crippen LogP contribution in [0.5, 0.6) is 5.75 Å². The molecular weight excluding hydrogens is 320 g/mol. The van der Waals surface area contributed by atoms with Crippen molar-refractivity contribution in [1.29, 1.82) is 0 Å². The van der Waals surface area contributed by atoms with Crippen LogP contribution in [-0.2, 0) is 4.74 Å².